The van der Waals surface area contributed by atoms with Gasteiger partial charge >= 0.3 is 0 Å². The molecule has 1 N–H and O–H groups in total. The summed E-state index contributed by atoms with van der Waals surface area (Å²) in [6.07, 6.45) is 5.67. The smallest absolute Gasteiger partial charge is 0.240 e. The van der Waals surface area contributed by atoms with Gasteiger partial charge in [0.15, 0.2) is 0 Å². The molecular formula is C19H25N3O2S. The summed E-state index contributed by atoms with van der Waals surface area (Å²) in [4.78, 5) is 6.80. The minimum absolute atomic E-state index is 0.341. The summed E-state index contributed by atoms with van der Waals surface area (Å²) in [7, 11) is -3.41. The highest BCUT2D eigenvalue weighted by Crippen LogP contribution is 2.19. The number of pyridine rings is 1. The zero-order valence-electron chi connectivity index (χ0n) is 14.6. The van der Waals surface area contributed by atoms with Gasteiger partial charge in [0.1, 0.15) is 0 Å². The van der Waals surface area contributed by atoms with Gasteiger partial charge in [0.2, 0.25) is 10.0 Å². The van der Waals surface area contributed by atoms with Crippen molar-refractivity contribution in [1.82, 2.24) is 14.6 Å². The summed E-state index contributed by atoms with van der Waals surface area (Å²) >= 11 is 0. The van der Waals surface area contributed by atoms with Crippen LogP contribution < -0.4 is 4.72 Å². The number of rotatable bonds is 6. The zero-order chi connectivity index (χ0) is 17.7. The van der Waals surface area contributed by atoms with Crippen molar-refractivity contribution < 1.29 is 8.42 Å². The van der Waals surface area contributed by atoms with Crippen LogP contribution in [-0.4, -0.2) is 37.9 Å². The molecule has 134 valence electrons. The summed E-state index contributed by atoms with van der Waals surface area (Å²) < 4.78 is 27.5. The Labute approximate surface area is 150 Å². The average Bonchev–Trinajstić information content (AvgIpc) is 2.62. The Balaban J connectivity index is 1.47. The maximum absolute atomic E-state index is 12.4. The maximum atomic E-state index is 12.4. The van der Waals surface area contributed by atoms with Crippen LogP contribution in [0.25, 0.3) is 0 Å². The average molecular weight is 359 g/mol. The van der Waals surface area contributed by atoms with Crippen LogP contribution >= 0.6 is 0 Å². The van der Waals surface area contributed by atoms with Crippen LogP contribution in [0, 0.1) is 12.8 Å². The van der Waals surface area contributed by atoms with Crippen LogP contribution in [0.3, 0.4) is 0 Å². The second-order valence-electron chi connectivity index (χ2n) is 6.74. The standard InChI is InChI=1S/C19H25N3O2S/c1-16-2-4-19(5-3-16)25(23,24)21-14-17-8-12-22(13-9-17)15-18-6-10-20-11-7-18/h2-7,10-11,17,21H,8-9,12-15H2,1H3. The van der Waals surface area contributed by atoms with E-state index in [1.165, 1.54) is 5.56 Å². The Morgan fingerprint density at radius 2 is 1.72 bits per heavy atom. The van der Waals surface area contributed by atoms with Crippen molar-refractivity contribution in [3.05, 3.63) is 59.9 Å². The molecule has 1 aliphatic heterocycles. The van der Waals surface area contributed by atoms with E-state index in [1.807, 2.05) is 43.6 Å². The van der Waals surface area contributed by atoms with E-state index < -0.39 is 10.0 Å². The molecule has 2 aromatic rings. The predicted octanol–water partition coefficient (Wildman–Crippen LogP) is 2.58. The largest absolute Gasteiger partial charge is 0.299 e. The van der Waals surface area contributed by atoms with E-state index in [9.17, 15) is 8.42 Å². The summed E-state index contributed by atoms with van der Waals surface area (Å²) in [6, 6.07) is 11.1. The molecular weight excluding hydrogens is 334 g/mol. The number of sulfonamides is 1. The SMILES string of the molecule is Cc1ccc(S(=O)(=O)NCC2CCN(Cc3ccncc3)CC2)cc1. The maximum Gasteiger partial charge on any atom is 0.240 e. The Hall–Kier alpha value is -1.76. The van der Waals surface area contributed by atoms with Gasteiger partial charge in [-0.3, -0.25) is 9.88 Å². The van der Waals surface area contributed by atoms with Crippen LogP contribution in [0.2, 0.25) is 0 Å². The highest BCUT2D eigenvalue weighted by atomic mass is 32.2. The van der Waals surface area contributed by atoms with Gasteiger partial charge in [-0.1, -0.05) is 17.7 Å². The molecule has 5 nitrogen and oxygen atoms in total. The van der Waals surface area contributed by atoms with Crippen molar-refractivity contribution in [2.75, 3.05) is 19.6 Å². The van der Waals surface area contributed by atoms with Gasteiger partial charge in [0.25, 0.3) is 0 Å². The van der Waals surface area contributed by atoms with Gasteiger partial charge in [-0.2, -0.15) is 0 Å². The molecule has 0 spiro atoms. The summed E-state index contributed by atoms with van der Waals surface area (Å²) in [6.45, 7) is 5.39. The van der Waals surface area contributed by atoms with E-state index in [4.69, 9.17) is 0 Å². The van der Waals surface area contributed by atoms with Gasteiger partial charge in [-0.05, 0) is 68.6 Å². The summed E-state index contributed by atoms with van der Waals surface area (Å²) in [5.41, 5.74) is 2.33. The number of aryl methyl sites for hydroxylation is 1. The van der Waals surface area contributed by atoms with E-state index in [-0.39, 0.29) is 0 Å². The van der Waals surface area contributed by atoms with E-state index in [2.05, 4.69) is 14.6 Å². The molecule has 25 heavy (non-hydrogen) atoms. The third-order valence-electron chi connectivity index (χ3n) is 4.76. The lowest BCUT2D eigenvalue weighted by Crippen LogP contribution is -2.38. The lowest BCUT2D eigenvalue weighted by molar-refractivity contribution is 0.178. The van der Waals surface area contributed by atoms with Gasteiger partial charge in [0.05, 0.1) is 4.90 Å². The fraction of sp³-hybridized carbons (Fsp3) is 0.421. The van der Waals surface area contributed by atoms with Gasteiger partial charge in [-0.25, -0.2) is 13.1 Å². The number of hydrogen-bond donors (Lipinski definition) is 1. The van der Waals surface area contributed by atoms with Crippen molar-refractivity contribution in [1.29, 1.82) is 0 Å². The molecule has 0 unspecified atom stereocenters. The fourth-order valence-corrected chi connectivity index (χ4v) is 4.24. The Morgan fingerprint density at radius 1 is 1.08 bits per heavy atom. The topological polar surface area (TPSA) is 62.3 Å². The Morgan fingerprint density at radius 3 is 2.36 bits per heavy atom. The molecule has 0 saturated carbocycles. The third-order valence-corrected chi connectivity index (χ3v) is 6.20. The van der Waals surface area contributed by atoms with E-state index in [0.717, 1.165) is 38.0 Å². The van der Waals surface area contributed by atoms with Gasteiger partial charge in [0, 0.05) is 25.5 Å². The number of benzene rings is 1. The second kappa shape index (κ2) is 8.08. The quantitative estimate of drug-likeness (QED) is 0.861. The molecule has 1 aromatic carbocycles. The first-order valence-corrected chi connectivity index (χ1v) is 10.2. The van der Waals surface area contributed by atoms with Crippen LogP contribution in [0.1, 0.15) is 24.0 Å². The molecule has 1 aromatic heterocycles. The van der Waals surface area contributed by atoms with Crippen molar-refractivity contribution in [3.8, 4) is 0 Å². The zero-order valence-corrected chi connectivity index (χ0v) is 15.4. The number of nitrogens with one attached hydrogen (secondary N) is 1. The molecule has 1 aliphatic rings. The molecule has 0 radical (unpaired) electrons. The predicted molar refractivity (Wildman–Crippen MR) is 98.6 cm³/mol. The molecule has 0 atom stereocenters. The van der Waals surface area contributed by atoms with Crippen molar-refractivity contribution in [2.24, 2.45) is 5.92 Å². The first kappa shape index (κ1) is 18.0. The van der Waals surface area contributed by atoms with Gasteiger partial charge < -0.3 is 0 Å². The minimum Gasteiger partial charge on any atom is -0.299 e. The van der Waals surface area contributed by atoms with Crippen LogP contribution in [0.5, 0.6) is 0 Å². The molecule has 1 fully saturated rings. The molecule has 3 rings (SSSR count). The summed E-state index contributed by atoms with van der Waals surface area (Å²) in [5.74, 6) is 0.397. The highest BCUT2D eigenvalue weighted by molar-refractivity contribution is 7.89. The van der Waals surface area contributed by atoms with Crippen LogP contribution in [0.4, 0.5) is 0 Å². The second-order valence-corrected chi connectivity index (χ2v) is 8.51. The highest BCUT2D eigenvalue weighted by Gasteiger charge is 2.22. The van der Waals surface area contributed by atoms with Crippen LogP contribution in [0.15, 0.2) is 53.7 Å². The van der Waals surface area contributed by atoms with Crippen molar-refractivity contribution in [2.45, 2.75) is 31.2 Å². The van der Waals surface area contributed by atoms with E-state index >= 15 is 0 Å². The number of nitrogens with zero attached hydrogens (tertiary/aromatic N) is 2. The monoisotopic (exact) mass is 359 g/mol. The first-order chi connectivity index (χ1) is 12.0. The first-order valence-electron chi connectivity index (χ1n) is 8.70. The molecule has 6 heteroatoms. The lowest BCUT2D eigenvalue weighted by Gasteiger charge is -2.32. The molecule has 0 aliphatic carbocycles. The van der Waals surface area contributed by atoms with Crippen molar-refractivity contribution in [3.63, 3.8) is 0 Å². The van der Waals surface area contributed by atoms with E-state index in [1.54, 1.807) is 12.1 Å². The summed E-state index contributed by atoms with van der Waals surface area (Å²) in [5, 5.41) is 0. The molecule has 0 bridgehead atoms. The molecule has 2 heterocycles. The third kappa shape index (κ3) is 5.11. The normalized spacial score (nSPS) is 16.8. The minimum atomic E-state index is -3.41. The Bertz CT molecular complexity index is 768. The molecule has 1 saturated heterocycles. The lowest BCUT2D eigenvalue weighted by atomic mass is 9.97. The number of piperidine rings is 1. The number of likely N-dealkylation sites (tertiary alicyclic amines) is 1. The molecule has 0 amide bonds. The van der Waals surface area contributed by atoms with Crippen LogP contribution in [-0.2, 0) is 16.6 Å². The van der Waals surface area contributed by atoms with Crippen molar-refractivity contribution >= 4 is 10.0 Å². The number of hydrogen-bond acceptors (Lipinski definition) is 4. The Kier molecular flexibility index (Phi) is 5.83. The van der Waals surface area contributed by atoms with E-state index in [0.29, 0.717) is 17.4 Å². The fourth-order valence-electron chi connectivity index (χ4n) is 3.12. The van der Waals surface area contributed by atoms with Gasteiger partial charge in [-0.15, -0.1) is 0 Å². The number of aromatic nitrogens is 1.